The standard InChI is InChI=1S/C24BF20.C13H11FNO/c26-5-1(6(27)14(35)21(42)13(5)34)25(2-7(28)15(36)22(43)16(37)8(2)29,3-9(30)17(38)23(44)18(39)10(3)31)4-11(32)19(40)24(45)20(41)12(4)33;14-12-7-3-2-6-11(12)13(16)10-15-8-4-1-5-9-15/h;1-9H,10H2/q-1;+1. The molecular formula is C37H11BF21NO. The summed E-state index contributed by atoms with van der Waals surface area (Å²) in [6.45, 7) is 0.155. The highest BCUT2D eigenvalue weighted by molar-refractivity contribution is 7.20. The van der Waals surface area contributed by atoms with Gasteiger partial charge >= 0.3 is 0 Å². The first-order valence-corrected chi connectivity index (χ1v) is 15.9. The first kappa shape index (κ1) is 45.6. The fraction of sp³-hybridized carbons (Fsp3) is 0.0270. The molecule has 6 rings (SSSR count). The van der Waals surface area contributed by atoms with Crippen LogP contribution in [0, 0.1) is 122 Å². The fourth-order valence-corrected chi connectivity index (χ4v) is 6.35. The van der Waals surface area contributed by atoms with Gasteiger partial charge in [-0.25, -0.2) is 92.2 Å². The lowest BCUT2D eigenvalue weighted by molar-refractivity contribution is -0.683. The van der Waals surface area contributed by atoms with Gasteiger partial charge in [0.15, 0.2) is 82.2 Å². The Morgan fingerprint density at radius 3 is 0.852 bits per heavy atom. The van der Waals surface area contributed by atoms with E-state index in [1.807, 2.05) is 18.2 Å². The van der Waals surface area contributed by atoms with Crippen LogP contribution in [-0.2, 0) is 6.54 Å². The van der Waals surface area contributed by atoms with E-state index in [1.165, 1.54) is 12.1 Å². The molecule has 6 aromatic rings. The van der Waals surface area contributed by atoms with E-state index < -0.39 is 150 Å². The number of hydrogen-bond donors (Lipinski definition) is 0. The van der Waals surface area contributed by atoms with Crippen LogP contribution >= 0.6 is 0 Å². The molecule has 320 valence electrons. The summed E-state index contributed by atoms with van der Waals surface area (Å²) in [6.07, 6.45) is -3.66. The molecule has 0 aliphatic carbocycles. The molecule has 0 saturated carbocycles. The van der Waals surface area contributed by atoms with Gasteiger partial charge in [-0.3, -0.25) is 4.79 Å². The van der Waals surface area contributed by atoms with Gasteiger partial charge in [-0.05, 0) is 12.1 Å². The molecular weight excluding hydrogens is 884 g/mol. The van der Waals surface area contributed by atoms with Crippen molar-refractivity contribution < 1.29 is 102 Å². The molecule has 0 atom stereocenters. The lowest BCUT2D eigenvalue weighted by Gasteiger charge is -2.44. The third-order valence-electron chi connectivity index (χ3n) is 8.98. The molecule has 0 amide bonds. The monoisotopic (exact) mass is 895 g/mol. The van der Waals surface area contributed by atoms with Crippen molar-refractivity contribution in [2.45, 2.75) is 6.54 Å². The number of rotatable bonds is 7. The third-order valence-corrected chi connectivity index (χ3v) is 8.98. The van der Waals surface area contributed by atoms with Crippen LogP contribution in [-0.4, -0.2) is 11.9 Å². The van der Waals surface area contributed by atoms with Crippen molar-refractivity contribution in [3.05, 3.63) is 183 Å². The van der Waals surface area contributed by atoms with Crippen LogP contribution in [0.25, 0.3) is 0 Å². The van der Waals surface area contributed by atoms with E-state index in [1.54, 1.807) is 29.1 Å². The average molecular weight is 895 g/mol. The van der Waals surface area contributed by atoms with Gasteiger partial charge < -0.3 is 0 Å². The van der Waals surface area contributed by atoms with Crippen molar-refractivity contribution in [3.63, 3.8) is 0 Å². The first-order chi connectivity index (χ1) is 28.5. The molecule has 1 heterocycles. The number of carbonyl (C=O) groups excluding carboxylic acids is 1. The van der Waals surface area contributed by atoms with Gasteiger partial charge in [0, 0.05) is 12.1 Å². The van der Waals surface area contributed by atoms with Gasteiger partial charge in [0.25, 0.3) is 0 Å². The molecule has 0 N–H and O–H groups in total. The number of halogens is 21. The van der Waals surface area contributed by atoms with Crippen molar-refractivity contribution in [2.75, 3.05) is 0 Å². The summed E-state index contributed by atoms with van der Waals surface area (Å²) in [6, 6.07) is 11.5. The van der Waals surface area contributed by atoms with E-state index in [4.69, 9.17) is 0 Å². The van der Waals surface area contributed by atoms with E-state index >= 15 is 35.1 Å². The Balaban J connectivity index is 0.000000366. The zero-order chi connectivity index (χ0) is 45.7. The molecule has 0 aliphatic heterocycles. The topological polar surface area (TPSA) is 20.9 Å². The van der Waals surface area contributed by atoms with Crippen molar-refractivity contribution in [1.82, 2.24) is 0 Å². The highest BCUT2D eigenvalue weighted by Crippen LogP contribution is 2.30. The second-order valence-electron chi connectivity index (χ2n) is 12.3. The molecule has 2 nitrogen and oxygen atoms in total. The first-order valence-electron chi connectivity index (χ1n) is 15.9. The van der Waals surface area contributed by atoms with Crippen LogP contribution in [0.2, 0.25) is 0 Å². The highest BCUT2D eigenvalue weighted by Gasteiger charge is 2.52. The second-order valence-corrected chi connectivity index (χ2v) is 12.3. The van der Waals surface area contributed by atoms with Gasteiger partial charge in [-0.15, -0.1) is 21.9 Å². The summed E-state index contributed by atoms with van der Waals surface area (Å²) in [5.74, 6) is -72.1. The summed E-state index contributed by atoms with van der Waals surface area (Å²) in [7, 11) is 0. The average Bonchev–Trinajstić information content (AvgIpc) is 3.24. The zero-order valence-corrected chi connectivity index (χ0v) is 28.8. The Kier molecular flexibility index (Phi) is 12.6. The maximum absolute atomic E-state index is 15.4. The van der Waals surface area contributed by atoms with Crippen LogP contribution in [0.5, 0.6) is 0 Å². The van der Waals surface area contributed by atoms with Crippen LogP contribution in [0.4, 0.5) is 92.2 Å². The molecule has 5 aromatic carbocycles. The normalized spacial score (nSPS) is 11.5. The number of hydrogen-bond acceptors (Lipinski definition) is 1. The Morgan fingerprint density at radius 1 is 0.344 bits per heavy atom. The zero-order valence-electron chi connectivity index (χ0n) is 28.8. The fourth-order valence-electron chi connectivity index (χ4n) is 6.35. The molecule has 0 unspecified atom stereocenters. The van der Waals surface area contributed by atoms with E-state index in [-0.39, 0.29) is 17.9 Å². The largest absolute Gasteiger partial charge is 0.287 e. The molecule has 61 heavy (non-hydrogen) atoms. The second kappa shape index (κ2) is 16.9. The number of carbonyl (C=O) groups is 1. The maximum Gasteiger partial charge on any atom is 0.230 e. The third kappa shape index (κ3) is 7.19. The Morgan fingerprint density at radius 2 is 0.590 bits per heavy atom. The van der Waals surface area contributed by atoms with Crippen LogP contribution < -0.4 is 26.4 Å². The van der Waals surface area contributed by atoms with Crippen molar-refractivity contribution in [3.8, 4) is 0 Å². The molecule has 0 radical (unpaired) electrons. The highest BCUT2D eigenvalue weighted by atomic mass is 19.2. The van der Waals surface area contributed by atoms with Crippen LogP contribution in [0.1, 0.15) is 10.4 Å². The molecule has 0 spiro atoms. The van der Waals surface area contributed by atoms with Crippen molar-refractivity contribution in [2.24, 2.45) is 0 Å². The Bertz CT molecular complexity index is 2380. The minimum atomic E-state index is -7.22. The predicted molar refractivity (Wildman–Crippen MR) is 167 cm³/mol. The predicted octanol–water partition coefficient (Wildman–Crippen LogP) is 7.84. The van der Waals surface area contributed by atoms with Crippen LogP contribution in [0.15, 0.2) is 54.9 Å². The lowest BCUT2D eigenvalue weighted by atomic mass is 9.12. The summed E-state index contributed by atoms with van der Waals surface area (Å²) in [5.41, 5.74) is -14.2. The molecule has 0 aliphatic rings. The smallest absolute Gasteiger partial charge is 0.230 e. The number of benzene rings is 5. The number of Topliss-reactive ketones (excluding diaryl/α,β-unsaturated/α-hetero) is 1. The molecule has 1 aromatic heterocycles. The van der Waals surface area contributed by atoms with E-state index in [2.05, 4.69) is 0 Å². The summed E-state index contributed by atoms with van der Waals surface area (Å²) >= 11 is 0. The van der Waals surface area contributed by atoms with Gasteiger partial charge in [0.1, 0.15) is 58.5 Å². The number of nitrogens with zero attached hydrogens (tertiary/aromatic N) is 1. The molecule has 0 saturated heterocycles. The van der Waals surface area contributed by atoms with Crippen molar-refractivity contribution in [1.29, 1.82) is 0 Å². The van der Waals surface area contributed by atoms with Crippen molar-refractivity contribution >= 4 is 33.8 Å². The molecule has 0 fully saturated rings. The maximum atomic E-state index is 15.4. The van der Waals surface area contributed by atoms with E-state index in [0.29, 0.717) is 0 Å². The number of aromatic nitrogens is 1. The minimum absolute atomic E-state index is 0.138. The van der Waals surface area contributed by atoms with Crippen LogP contribution in [0.3, 0.4) is 0 Å². The number of pyridine rings is 1. The Hall–Kier alpha value is -6.49. The minimum Gasteiger partial charge on any atom is -0.287 e. The summed E-state index contributed by atoms with van der Waals surface area (Å²) < 4.78 is 309. The van der Waals surface area contributed by atoms with Gasteiger partial charge in [-0.2, -0.15) is 4.57 Å². The summed E-state index contributed by atoms with van der Waals surface area (Å²) in [4.78, 5) is 11.8. The quantitative estimate of drug-likeness (QED) is 0.0400. The summed E-state index contributed by atoms with van der Waals surface area (Å²) in [5, 5.41) is 0. The van der Waals surface area contributed by atoms with E-state index in [0.717, 1.165) is 0 Å². The SMILES string of the molecule is Fc1c(F)c(F)c([B-](c2c(F)c(F)c(F)c(F)c2F)(c2c(F)c(F)c(F)c(F)c2F)c2c(F)c(F)c(F)c(F)c2F)c(F)c1F.O=C(C[n+]1ccccc1)c1ccccc1F. The van der Waals surface area contributed by atoms with Gasteiger partial charge in [0.05, 0.1) is 5.56 Å². The van der Waals surface area contributed by atoms with Gasteiger partial charge in [-0.1, -0.05) is 18.2 Å². The molecule has 0 bridgehead atoms. The number of ketones is 1. The van der Waals surface area contributed by atoms with E-state index in [9.17, 15) is 61.9 Å². The molecule has 24 heteroatoms. The lowest BCUT2D eigenvalue weighted by Crippen LogP contribution is -2.81. The Labute approximate surface area is 324 Å². The van der Waals surface area contributed by atoms with Gasteiger partial charge in [0.2, 0.25) is 12.3 Å².